The van der Waals surface area contributed by atoms with E-state index in [1.165, 1.54) is 180 Å². The van der Waals surface area contributed by atoms with Gasteiger partial charge >= 0.3 is 11.9 Å². The minimum atomic E-state index is -0.583. The van der Waals surface area contributed by atoms with Gasteiger partial charge in [0.05, 0.1) is 6.61 Å². The Labute approximate surface area is 410 Å². The van der Waals surface area contributed by atoms with Crippen LogP contribution in [0, 0.1) is 0 Å². The molecule has 0 aromatic rings. The Morgan fingerprint density at radius 1 is 0.333 bits per heavy atom. The van der Waals surface area contributed by atoms with Crippen LogP contribution < -0.4 is 0 Å². The lowest BCUT2D eigenvalue weighted by Gasteiger charge is -2.18. The monoisotopic (exact) mass is 921 g/mol. The minimum Gasteiger partial charge on any atom is -0.462 e. The summed E-state index contributed by atoms with van der Waals surface area (Å²) >= 11 is 0. The highest BCUT2D eigenvalue weighted by Crippen LogP contribution is 2.15. The number of allylic oxidation sites excluding steroid dienone is 12. The lowest BCUT2D eigenvalue weighted by Crippen LogP contribution is -2.30. The third-order valence-corrected chi connectivity index (χ3v) is 12.2. The van der Waals surface area contributed by atoms with Crippen LogP contribution in [0.1, 0.15) is 278 Å². The van der Waals surface area contributed by atoms with Crippen LogP contribution in [0.2, 0.25) is 0 Å². The van der Waals surface area contributed by atoms with Gasteiger partial charge in [-0.1, -0.05) is 254 Å². The quantitative estimate of drug-likeness (QED) is 0.0346. The van der Waals surface area contributed by atoms with Crippen molar-refractivity contribution in [1.82, 2.24) is 0 Å². The molecule has 0 rings (SSSR count). The summed E-state index contributed by atoms with van der Waals surface area (Å²) in [7, 11) is 0. The third-order valence-electron chi connectivity index (χ3n) is 12.2. The van der Waals surface area contributed by atoms with E-state index in [4.69, 9.17) is 14.2 Å². The number of ether oxygens (including phenoxy) is 3. The van der Waals surface area contributed by atoms with Crippen molar-refractivity contribution in [1.29, 1.82) is 0 Å². The summed E-state index contributed by atoms with van der Waals surface area (Å²) in [6, 6.07) is 0. The van der Waals surface area contributed by atoms with Crippen molar-refractivity contribution in [2.24, 2.45) is 0 Å². The molecule has 0 aliphatic rings. The molecule has 0 saturated heterocycles. The van der Waals surface area contributed by atoms with Crippen molar-refractivity contribution >= 4 is 11.9 Å². The summed E-state index contributed by atoms with van der Waals surface area (Å²) in [4.78, 5) is 25.4. The molecule has 382 valence electrons. The van der Waals surface area contributed by atoms with Crippen LogP contribution in [0.4, 0.5) is 0 Å². The molecule has 0 amide bonds. The number of esters is 2. The first kappa shape index (κ1) is 63.3. The number of hydrogen-bond donors (Lipinski definition) is 0. The maximum atomic E-state index is 12.8. The molecule has 5 nitrogen and oxygen atoms in total. The standard InChI is InChI=1S/C61H108O5/c1-4-7-10-13-16-19-22-25-28-31-33-36-39-42-45-48-51-54-60(62)65-58-59(57-64-56-53-50-47-44-41-38-35-30-27-24-21-18-15-12-9-6-3)66-61(63)55-52-49-46-43-40-37-34-32-29-26-23-20-17-14-11-8-5-2/h25-26,28-29,33-34,36-37,42-43,45-46,59H,4-24,27,30-32,35,38-41,44,47-58H2,1-3H3/b28-25-,29-26-,36-33-,37-34-,45-42-,46-43-/t59-/m1/s1. The Balaban J connectivity index is 4.41. The van der Waals surface area contributed by atoms with Crippen LogP contribution in [-0.4, -0.2) is 37.9 Å². The predicted octanol–water partition coefficient (Wildman–Crippen LogP) is 19.5. The van der Waals surface area contributed by atoms with E-state index >= 15 is 0 Å². The number of carbonyl (C=O) groups is 2. The molecule has 0 heterocycles. The van der Waals surface area contributed by atoms with Crippen LogP contribution in [0.5, 0.6) is 0 Å². The van der Waals surface area contributed by atoms with Crippen molar-refractivity contribution in [3.05, 3.63) is 72.9 Å². The molecule has 0 bridgehead atoms. The zero-order chi connectivity index (χ0) is 47.7. The topological polar surface area (TPSA) is 61.8 Å². The molecule has 66 heavy (non-hydrogen) atoms. The predicted molar refractivity (Wildman–Crippen MR) is 288 cm³/mol. The van der Waals surface area contributed by atoms with E-state index in [9.17, 15) is 9.59 Å². The molecule has 0 N–H and O–H groups in total. The van der Waals surface area contributed by atoms with Gasteiger partial charge in [0.15, 0.2) is 6.10 Å². The van der Waals surface area contributed by atoms with E-state index in [0.717, 1.165) is 64.2 Å². The van der Waals surface area contributed by atoms with E-state index in [0.29, 0.717) is 19.4 Å². The molecule has 0 spiro atoms. The summed E-state index contributed by atoms with van der Waals surface area (Å²) in [6.07, 6.45) is 73.6. The average molecular weight is 922 g/mol. The molecule has 0 aliphatic carbocycles. The summed E-state index contributed by atoms with van der Waals surface area (Å²) in [5.74, 6) is -0.509. The van der Waals surface area contributed by atoms with Gasteiger partial charge in [-0.2, -0.15) is 0 Å². The van der Waals surface area contributed by atoms with Gasteiger partial charge in [-0.25, -0.2) is 0 Å². The second-order valence-electron chi connectivity index (χ2n) is 18.8. The van der Waals surface area contributed by atoms with Crippen LogP contribution >= 0.6 is 0 Å². The van der Waals surface area contributed by atoms with Crippen molar-refractivity contribution in [2.45, 2.75) is 284 Å². The summed E-state index contributed by atoms with van der Waals surface area (Å²) < 4.78 is 17.4. The van der Waals surface area contributed by atoms with Crippen molar-refractivity contribution < 1.29 is 23.8 Å². The van der Waals surface area contributed by atoms with Crippen LogP contribution in [0.25, 0.3) is 0 Å². The Morgan fingerprint density at radius 2 is 0.636 bits per heavy atom. The minimum absolute atomic E-state index is 0.0397. The fraction of sp³-hybridized carbons (Fsp3) is 0.770. The summed E-state index contributed by atoms with van der Waals surface area (Å²) in [6.45, 7) is 7.74. The van der Waals surface area contributed by atoms with E-state index in [1.807, 2.05) is 0 Å². The Morgan fingerprint density at radius 3 is 1.02 bits per heavy atom. The molecule has 0 aromatic carbocycles. The molecule has 0 unspecified atom stereocenters. The highest BCUT2D eigenvalue weighted by atomic mass is 16.6. The van der Waals surface area contributed by atoms with E-state index in [2.05, 4.69) is 93.7 Å². The van der Waals surface area contributed by atoms with Gasteiger partial charge in [0.1, 0.15) is 6.61 Å². The second-order valence-corrected chi connectivity index (χ2v) is 18.8. The van der Waals surface area contributed by atoms with Crippen LogP contribution in [0.3, 0.4) is 0 Å². The lowest BCUT2D eigenvalue weighted by molar-refractivity contribution is -0.162. The Kier molecular flexibility index (Phi) is 54.4. The SMILES string of the molecule is CCCCCCCC/C=C\C/C=C\C/C=C\CCCC(=O)OC[C@@H](COCCCCCCCCCCCCCCCCCC)OC(=O)CCC/C=C\C/C=C\C/C=C\CCCCCCCC. The highest BCUT2D eigenvalue weighted by molar-refractivity contribution is 5.70. The molecule has 0 saturated carbocycles. The van der Waals surface area contributed by atoms with Gasteiger partial charge in [-0.3, -0.25) is 9.59 Å². The molecular formula is C61H108O5. The van der Waals surface area contributed by atoms with E-state index < -0.39 is 6.10 Å². The lowest BCUT2D eigenvalue weighted by atomic mass is 10.0. The van der Waals surface area contributed by atoms with E-state index in [1.54, 1.807) is 0 Å². The Hall–Kier alpha value is -2.66. The maximum Gasteiger partial charge on any atom is 0.306 e. The van der Waals surface area contributed by atoms with Gasteiger partial charge < -0.3 is 14.2 Å². The summed E-state index contributed by atoms with van der Waals surface area (Å²) in [5, 5.41) is 0. The van der Waals surface area contributed by atoms with Gasteiger partial charge in [-0.05, 0) is 83.5 Å². The highest BCUT2D eigenvalue weighted by Gasteiger charge is 2.17. The van der Waals surface area contributed by atoms with Gasteiger partial charge in [0.25, 0.3) is 0 Å². The van der Waals surface area contributed by atoms with Crippen molar-refractivity contribution in [3.8, 4) is 0 Å². The summed E-state index contributed by atoms with van der Waals surface area (Å²) in [5.41, 5.74) is 0. The molecule has 1 atom stereocenters. The first-order valence-corrected chi connectivity index (χ1v) is 28.5. The van der Waals surface area contributed by atoms with Crippen LogP contribution in [-0.2, 0) is 23.8 Å². The zero-order valence-electron chi connectivity index (χ0n) is 44.0. The molecule has 0 aromatic heterocycles. The molecular weight excluding hydrogens is 813 g/mol. The number of rotatable bonds is 52. The van der Waals surface area contributed by atoms with E-state index in [-0.39, 0.29) is 25.2 Å². The number of carbonyl (C=O) groups excluding carboxylic acids is 2. The average Bonchev–Trinajstić information content (AvgIpc) is 3.32. The second kappa shape index (κ2) is 56.7. The molecule has 5 heteroatoms. The Bertz CT molecular complexity index is 1180. The fourth-order valence-electron chi connectivity index (χ4n) is 7.96. The van der Waals surface area contributed by atoms with Crippen molar-refractivity contribution in [3.63, 3.8) is 0 Å². The normalized spacial score (nSPS) is 12.7. The fourth-order valence-corrected chi connectivity index (χ4v) is 7.96. The van der Waals surface area contributed by atoms with Crippen LogP contribution in [0.15, 0.2) is 72.9 Å². The molecule has 0 radical (unpaired) electrons. The van der Waals surface area contributed by atoms with Gasteiger partial charge in [-0.15, -0.1) is 0 Å². The zero-order valence-corrected chi connectivity index (χ0v) is 44.0. The molecule has 0 fully saturated rings. The number of unbranched alkanes of at least 4 members (excludes halogenated alkanes) is 29. The first-order chi connectivity index (χ1) is 32.6. The first-order valence-electron chi connectivity index (χ1n) is 28.5. The maximum absolute atomic E-state index is 12.8. The van der Waals surface area contributed by atoms with Gasteiger partial charge in [0, 0.05) is 19.4 Å². The number of hydrogen-bond acceptors (Lipinski definition) is 5. The van der Waals surface area contributed by atoms with Gasteiger partial charge in [0.2, 0.25) is 0 Å². The largest absolute Gasteiger partial charge is 0.462 e. The molecule has 0 aliphatic heterocycles. The van der Waals surface area contributed by atoms with Crippen molar-refractivity contribution in [2.75, 3.05) is 19.8 Å². The third kappa shape index (κ3) is 54.0. The smallest absolute Gasteiger partial charge is 0.306 e.